The number of hydrogen-bond acceptors (Lipinski definition) is 4. The van der Waals surface area contributed by atoms with Gasteiger partial charge in [-0.15, -0.1) is 0 Å². The Hall–Kier alpha value is -1.29. The first-order valence-corrected chi connectivity index (χ1v) is 4.57. The molecule has 0 fully saturated rings. The topological polar surface area (TPSA) is 56.0 Å². The van der Waals surface area contributed by atoms with Crippen molar-refractivity contribution < 1.29 is 4.79 Å². The number of aromatic nitrogens is 1. The third kappa shape index (κ3) is 3.75. The zero-order valence-electron chi connectivity index (χ0n) is 7.23. The number of nitrogens with two attached hydrogens (primary N) is 1. The average molecular weight is 194 g/mol. The maximum Gasteiger partial charge on any atom is 0.220 e. The van der Waals surface area contributed by atoms with Crippen molar-refractivity contribution in [3.63, 3.8) is 0 Å². The second kappa shape index (κ2) is 4.67. The van der Waals surface area contributed by atoms with Crippen molar-refractivity contribution in [2.24, 2.45) is 5.73 Å². The smallest absolute Gasteiger partial charge is 0.220 e. The van der Waals surface area contributed by atoms with Crippen molar-refractivity contribution >= 4 is 16.9 Å². The van der Waals surface area contributed by atoms with Crippen LogP contribution >= 0.6 is 11.8 Å². The van der Waals surface area contributed by atoms with Crippen molar-refractivity contribution in [3.8, 4) is 0 Å². The van der Waals surface area contributed by atoms with Gasteiger partial charge in [0, 0.05) is 18.0 Å². The molecule has 1 aromatic heterocycles. The molecule has 0 aliphatic carbocycles. The molecular formula is C9H10N2OS. The van der Waals surface area contributed by atoms with E-state index >= 15 is 0 Å². The molecule has 1 aromatic rings. The van der Waals surface area contributed by atoms with Crippen LogP contribution in [0.1, 0.15) is 6.92 Å². The van der Waals surface area contributed by atoms with Gasteiger partial charge in [0.25, 0.3) is 0 Å². The molecule has 1 rings (SSSR count). The van der Waals surface area contributed by atoms with E-state index in [1.807, 2.05) is 6.07 Å². The largest absolute Gasteiger partial charge is 0.402 e. The molecule has 0 saturated carbocycles. The van der Waals surface area contributed by atoms with Gasteiger partial charge in [-0.2, -0.15) is 0 Å². The van der Waals surface area contributed by atoms with E-state index in [2.05, 4.69) is 4.98 Å². The summed E-state index contributed by atoms with van der Waals surface area (Å²) in [5, 5.41) is 0.587. The Labute approximate surface area is 81.0 Å². The number of thioether (sulfide) groups is 1. The summed E-state index contributed by atoms with van der Waals surface area (Å²) in [6, 6.07) is 5.42. The molecule has 68 valence electrons. The Morgan fingerprint density at radius 2 is 2.38 bits per heavy atom. The fraction of sp³-hybridized carbons (Fsp3) is 0.111. The number of rotatable bonds is 2. The molecule has 0 unspecified atom stereocenters. The van der Waals surface area contributed by atoms with Gasteiger partial charge in [0.05, 0.1) is 0 Å². The van der Waals surface area contributed by atoms with E-state index in [1.165, 1.54) is 6.08 Å². The third-order valence-corrected chi connectivity index (χ3v) is 1.96. The number of carbonyl (C=O) groups excluding carboxylic acids is 1. The summed E-state index contributed by atoms with van der Waals surface area (Å²) < 4.78 is 0. The lowest BCUT2D eigenvalue weighted by atomic mass is 10.5. The highest BCUT2D eigenvalue weighted by atomic mass is 32.2. The van der Waals surface area contributed by atoms with Crippen LogP contribution < -0.4 is 5.73 Å². The van der Waals surface area contributed by atoms with Crippen LogP contribution in [0, 0.1) is 0 Å². The molecule has 0 atom stereocenters. The summed E-state index contributed by atoms with van der Waals surface area (Å²) in [6.07, 6.45) is 3.04. The maximum absolute atomic E-state index is 11.2. The lowest BCUT2D eigenvalue weighted by Gasteiger charge is -1.94. The van der Waals surface area contributed by atoms with Crippen molar-refractivity contribution in [3.05, 3.63) is 36.2 Å². The molecule has 4 heteroatoms. The predicted molar refractivity (Wildman–Crippen MR) is 53.0 cm³/mol. The lowest BCUT2D eigenvalue weighted by Crippen LogP contribution is -1.95. The number of nitrogens with zero attached hydrogens (tertiary/aromatic N) is 1. The Balaban J connectivity index is 2.61. The highest BCUT2D eigenvalue weighted by Gasteiger charge is 2.01. The molecule has 13 heavy (non-hydrogen) atoms. The monoisotopic (exact) mass is 194 g/mol. The molecule has 0 aliphatic heterocycles. The minimum Gasteiger partial charge on any atom is -0.402 e. The first-order valence-electron chi connectivity index (χ1n) is 3.75. The first-order chi connectivity index (χ1) is 6.18. The van der Waals surface area contributed by atoms with E-state index < -0.39 is 0 Å². The molecule has 0 amide bonds. The molecule has 0 bridgehead atoms. The Bertz CT molecular complexity index is 318. The molecule has 3 nitrogen and oxygen atoms in total. The Morgan fingerprint density at radius 3 is 2.92 bits per heavy atom. The molecule has 0 aromatic carbocycles. The predicted octanol–water partition coefficient (Wildman–Crippen LogP) is 1.56. The average Bonchev–Trinajstić information content (AvgIpc) is 2.04. The van der Waals surface area contributed by atoms with Crippen LogP contribution in [0.2, 0.25) is 0 Å². The SMILES string of the molecule is C/C(N)=C\C(=O)Sc1ccccn1. The minimum atomic E-state index is -0.0984. The molecule has 1 heterocycles. The zero-order valence-corrected chi connectivity index (χ0v) is 8.04. The number of pyridine rings is 1. The van der Waals surface area contributed by atoms with Crippen LogP contribution in [-0.2, 0) is 4.79 Å². The summed E-state index contributed by atoms with van der Waals surface area (Å²) in [5.74, 6) is 0. The van der Waals surface area contributed by atoms with Crippen LogP contribution in [0.5, 0.6) is 0 Å². The normalized spacial score (nSPS) is 11.3. The van der Waals surface area contributed by atoms with Crippen molar-refractivity contribution in [2.45, 2.75) is 11.9 Å². The van der Waals surface area contributed by atoms with Crippen LogP contribution in [0.4, 0.5) is 0 Å². The summed E-state index contributed by atoms with van der Waals surface area (Å²) in [7, 11) is 0. The van der Waals surface area contributed by atoms with Crippen molar-refractivity contribution in [1.82, 2.24) is 4.98 Å². The highest BCUT2D eigenvalue weighted by Crippen LogP contribution is 2.15. The summed E-state index contributed by atoms with van der Waals surface area (Å²) in [6.45, 7) is 1.68. The summed E-state index contributed by atoms with van der Waals surface area (Å²) >= 11 is 1.07. The van der Waals surface area contributed by atoms with Crippen LogP contribution in [0.15, 0.2) is 41.2 Å². The van der Waals surface area contributed by atoms with Gasteiger partial charge in [0.2, 0.25) is 5.12 Å². The molecule has 0 aliphatic rings. The molecule has 0 spiro atoms. The van der Waals surface area contributed by atoms with Gasteiger partial charge in [0.15, 0.2) is 0 Å². The molecular weight excluding hydrogens is 184 g/mol. The molecule has 0 saturated heterocycles. The summed E-state index contributed by atoms with van der Waals surface area (Å²) in [5.41, 5.74) is 5.86. The fourth-order valence-electron chi connectivity index (χ4n) is 0.726. The van der Waals surface area contributed by atoms with Gasteiger partial charge >= 0.3 is 0 Å². The van der Waals surface area contributed by atoms with E-state index in [4.69, 9.17) is 5.73 Å². The number of carbonyl (C=O) groups is 1. The van der Waals surface area contributed by atoms with Crippen molar-refractivity contribution in [2.75, 3.05) is 0 Å². The highest BCUT2D eigenvalue weighted by molar-refractivity contribution is 8.14. The molecule has 2 N–H and O–H groups in total. The van der Waals surface area contributed by atoms with Gasteiger partial charge in [-0.1, -0.05) is 6.07 Å². The standard InChI is InChI=1S/C9H10N2OS/c1-7(10)6-9(12)13-8-4-2-3-5-11-8/h2-6H,10H2,1H3/b7-6+. The van der Waals surface area contributed by atoms with Gasteiger partial charge in [-0.25, -0.2) is 4.98 Å². The third-order valence-electron chi connectivity index (χ3n) is 1.19. The lowest BCUT2D eigenvalue weighted by molar-refractivity contribution is -0.107. The maximum atomic E-state index is 11.2. The van der Waals surface area contributed by atoms with E-state index in [-0.39, 0.29) is 5.12 Å². The van der Waals surface area contributed by atoms with Crippen LogP contribution in [0.3, 0.4) is 0 Å². The fourth-order valence-corrected chi connectivity index (χ4v) is 1.44. The van der Waals surface area contributed by atoms with Gasteiger partial charge < -0.3 is 5.73 Å². The van der Waals surface area contributed by atoms with Crippen LogP contribution in [0.25, 0.3) is 0 Å². The number of allylic oxidation sites excluding steroid dienone is 1. The van der Waals surface area contributed by atoms with Gasteiger partial charge in [-0.05, 0) is 30.8 Å². The second-order valence-corrected chi connectivity index (χ2v) is 3.50. The Kier molecular flexibility index (Phi) is 3.52. The van der Waals surface area contributed by atoms with E-state index in [1.54, 1.807) is 25.3 Å². The van der Waals surface area contributed by atoms with Crippen LogP contribution in [-0.4, -0.2) is 10.1 Å². The van der Waals surface area contributed by atoms with Crippen molar-refractivity contribution in [1.29, 1.82) is 0 Å². The second-order valence-electron chi connectivity index (χ2n) is 2.48. The van der Waals surface area contributed by atoms with E-state index in [0.717, 1.165) is 11.8 Å². The van der Waals surface area contributed by atoms with E-state index in [0.29, 0.717) is 10.7 Å². The number of hydrogen-bond donors (Lipinski definition) is 1. The minimum absolute atomic E-state index is 0.0984. The summed E-state index contributed by atoms with van der Waals surface area (Å²) in [4.78, 5) is 15.2. The van der Waals surface area contributed by atoms with Gasteiger partial charge in [-0.3, -0.25) is 4.79 Å². The van der Waals surface area contributed by atoms with E-state index in [9.17, 15) is 4.79 Å². The van der Waals surface area contributed by atoms with Gasteiger partial charge in [0.1, 0.15) is 5.03 Å². The quantitative estimate of drug-likeness (QED) is 0.573. The Morgan fingerprint density at radius 1 is 1.62 bits per heavy atom. The molecule has 0 radical (unpaired) electrons. The zero-order chi connectivity index (χ0) is 9.68. The first kappa shape index (κ1) is 9.80.